The molecule has 116 valence electrons. The van der Waals surface area contributed by atoms with Crippen molar-refractivity contribution in [3.8, 4) is 0 Å². The van der Waals surface area contributed by atoms with E-state index in [0.717, 1.165) is 21.9 Å². The van der Waals surface area contributed by atoms with E-state index in [4.69, 9.17) is 0 Å². The number of amides is 1. The number of aryl methyl sites for hydroxylation is 1. The molecule has 0 aliphatic carbocycles. The molecule has 3 aromatic rings. The van der Waals surface area contributed by atoms with Gasteiger partial charge in [-0.3, -0.25) is 4.79 Å². The number of benzene rings is 2. The van der Waals surface area contributed by atoms with E-state index in [2.05, 4.69) is 22.8 Å². The summed E-state index contributed by atoms with van der Waals surface area (Å²) in [5.41, 5.74) is 2.71. The number of carbonyl (C=O) groups is 1. The first kappa shape index (κ1) is 15.8. The van der Waals surface area contributed by atoms with Gasteiger partial charge >= 0.3 is 0 Å². The Labute approximate surface area is 144 Å². The lowest BCUT2D eigenvalue weighted by Crippen LogP contribution is -2.12. The SMILES string of the molecule is Cc1ccc(NC(=O)c2ccccc2SCc2cccs2)cc1. The number of carbonyl (C=O) groups excluding carboxylic acids is 1. The quantitative estimate of drug-likeness (QED) is 0.613. The summed E-state index contributed by atoms with van der Waals surface area (Å²) >= 11 is 3.43. The van der Waals surface area contributed by atoms with Crippen LogP contribution in [0.25, 0.3) is 0 Å². The summed E-state index contributed by atoms with van der Waals surface area (Å²) in [7, 11) is 0. The van der Waals surface area contributed by atoms with Crippen LogP contribution in [0.2, 0.25) is 0 Å². The van der Waals surface area contributed by atoms with E-state index in [1.54, 1.807) is 23.1 Å². The van der Waals surface area contributed by atoms with E-state index in [-0.39, 0.29) is 5.91 Å². The fourth-order valence-corrected chi connectivity index (χ4v) is 3.98. The average Bonchev–Trinajstić information content (AvgIpc) is 3.09. The minimum absolute atomic E-state index is 0.0665. The lowest BCUT2D eigenvalue weighted by atomic mass is 10.2. The Kier molecular flexibility index (Phi) is 5.16. The third-order valence-electron chi connectivity index (χ3n) is 3.39. The zero-order chi connectivity index (χ0) is 16.1. The Bertz CT molecular complexity index is 779. The van der Waals surface area contributed by atoms with E-state index >= 15 is 0 Å². The summed E-state index contributed by atoms with van der Waals surface area (Å²) < 4.78 is 0. The molecule has 0 aliphatic rings. The van der Waals surface area contributed by atoms with Gasteiger partial charge in [0.05, 0.1) is 5.56 Å². The van der Waals surface area contributed by atoms with Crippen molar-refractivity contribution in [3.05, 3.63) is 82.0 Å². The molecule has 3 rings (SSSR count). The number of rotatable bonds is 5. The molecule has 0 aliphatic heterocycles. The fourth-order valence-electron chi connectivity index (χ4n) is 2.16. The Morgan fingerprint density at radius 2 is 1.83 bits per heavy atom. The van der Waals surface area contributed by atoms with Crippen molar-refractivity contribution in [2.24, 2.45) is 0 Å². The standard InChI is InChI=1S/C19H17NOS2/c1-14-8-10-15(11-9-14)20-19(21)17-6-2-3-7-18(17)23-13-16-5-4-12-22-16/h2-12H,13H2,1H3,(H,20,21). The molecular formula is C19H17NOS2. The van der Waals surface area contributed by atoms with Gasteiger partial charge in [0.25, 0.3) is 5.91 Å². The van der Waals surface area contributed by atoms with Crippen LogP contribution < -0.4 is 5.32 Å². The summed E-state index contributed by atoms with van der Waals surface area (Å²) in [6, 6.07) is 19.8. The first-order valence-electron chi connectivity index (χ1n) is 7.34. The maximum Gasteiger partial charge on any atom is 0.256 e. The molecule has 4 heteroatoms. The molecule has 0 bridgehead atoms. The highest BCUT2D eigenvalue weighted by molar-refractivity contribution is 7.98. The van der Waals surface area contributed by atoms with Crippen LogP contribution in [-0.4, -0.2) is 5.91 Å². The van der Waals surface area contributed by atoms with Crippen molar-refractivity contribution in [1.29, 1.82) is 0 Å². The molecule has 2 nitrogen and oxygen atoms in total. The molecule has 1 heterocycles. The topological polar surface area (TPSA) is 29.1 Å². The highest BCUT2D eigenvalue weighted by atomic mass is 32.2. The van der Waals surface area contributed by atoms with Crippen LogP contribution in [0.1, 0.15) is 20.8 Å². The molecule has 1 aromatic heterocycles. The summed E-state index contributed by atoms with van der Waals surface area (Å²) in [6.45, 7) is 2.03. The van der Waals surface area contributed by atoms with E-state index < -0.39 is 0 Å². The zero-order valence-corrected chi connectivity index (χ0v) is 14.4. The van der Waals surface area contributed by atoms with Crippen LogP contribution in [0, 0.1) is 6.92 Å². The maximum atomic E-state index is 12.6. The van der Waals surface area contributed by atoms with Gasteiger partial charge in [0, 0.05) is 21.2 Å². The van der Waals surface area contributed by atoms with Gasteiger partial charge in [-0.2, -0.15) is 0 Å². The Morgan fingerprint density at radius 1 is 1.04 bits per heavy atom. The van der Waals surface area contributed by atoms with Crippen LogP contribution >= 0.6 is 23.1 Å². The summed E-state index contributed by atoms with van der Waals surface area (Å²) in [5.74, 6) is 0.815. The van der Waals surface area contributed by atoms with Crippen molar-refractivity contribution in [1.82, 2.24) is 0 Å². The lowest BCUT2D eigenvalue weighted by molar-refractivity contribution is 0.102. The number of hydrogen-bond acceptors (Lipinski definition) is 3. The van der Waals surface area contributed by atoms with Gasteiger partial charge in [-0.15, -0.1) is 23.1 Å². The van der Waals surface area contributed by atoms with Gasteiger partial charge in [0.2, 0.25) is 0 Å². The second-order valence-corrected chi connectivity index (χ2v) is 7.23. The average molecular weight is 339 g/mol. The molecular weight excluding hydrogens is 322 g/mol. The molecule has 0 fully saturated rings. The van der Waals surface area contributed by atoms with Gasteiger partial charge in [0.1, 0.15) is 0 Å². The minimum Gasteiger partial charge on any atom is -0.322 e. The molecule has 0 saturated heterocycles. The van der Waals surface area contributed by atoms with Crippen LogP contribution in [0.15, 0.2) is 70.9 Å². The number of hydrogen-bond donors (Lipinski definition) is 1. The second kappa shape index (κ2) is 7.49. The highest BCUT2D eigenvalue weighted by Gasteiger charge is 2.12. The first-order chi connectivity index (χ1) is 11.2. The molecule has 0 radical (unpaired) electrons. The van der Waals surface area contributed by atoms with E-state index in [1.165, 1.54) is 10.4 Å². The van der Waals surface area contributed by atoms with Crippen molar-refractivity contribution in [3.63, 3.8) is 0 Å². The third-order valence-corrected chi connectivity index (χ3v) is 5.57. The fraction of sp³-hybridized carbons (Fsp3) is 0.105. The highest BCUT2D eigenvalue weighted by Crippen LogP contribution is 2.28. The number of nitrogens with one attached hydrogen (secondary N) is 1. The molecule has 0 atom stereocenters. The molecule has 0 unspecified atom stereocenters. The summed E-state index contributed by atoms with van der Waals surface area (Å²) in [6.07, 6.45) is 0. The van der Waals surface area contributed by atoms with Gasteiger partial charge in [-0.1, -0.05) is 35.9 Å². The lowest BCUT2D eigenvalue weighted by Gasteiger charge is -2.10. The number of anilines is 1. The van der Waals surface area contributed by atoms with Gasteiger partial charge in [0.15, 0.2) is 0 Å². The maximum absolute atomic E-state index is 12.6. The molecule has 0 saturated carbocycles. The van der Waals surface area contributed by atoms with Crippen molar-refractivity contribution in [2.45, 2.75) is 17.6 Å². The number of thiophene rings is 1. The van der Waals surface area contributed by atoms with Gasteiger partial charge < -0.3 is 5.32 Å². The van der Waals surface area contributed by atoms with Crippen LogP contribution in [0.5, 0.6) is 0 Å². The third kappa shape index (κ3) is 4.24. The van der Waals surface area contributed by atoms with Crippen molar-refractivity contribution >= 4 is 34.7 Å². The molecule has 1 amide bonds. The summed E-state index contributed by atoms with van der Waals surface area (Å²) in [5, 5.41) is 5.04. The smallest absolute Gasteiger partial charge is 0.256 e. The van der Waals surface area contributed by atoms with Crippen LogP contribution in [0.4, 0.5) is 5.69 Å². The largest absolute Gasteiger partial charge is 0.322 e. The van der Waals surface area contributed by atoms with Crippen LogP contribution in [0.3, 0.4) is 0 Å². The van der Waals surface area contributed by atoms with Crippen molar-refractivity contribution in [2.75, 3.05) is 5.32 Å². The Hall–Kier alpha value is -2.04. The predicted molar refractivity (Wildman–Crippen MR) is 99.5 cm³/mol. The van der Waals surface area contributed by atoms with E-state index in [1.807, 2.05) is 55.5 Å². The molecule has 2 aromatic carbocycles. The predicted octanol–water partition coefficient (Wildman–Crippen LogP) is 5.60. The second-order valence-electron chi connectivity index (χ2n) is 5.18. The Balaban J connectivity index is 1.73. The molecule has 1 N–H and O–H groups in total. The van der Waals surface area contributed by atoms with Crippen molar-refractivity contribution < 1.29 is 4.79 Å². The van der Waals surface area contributed by atoms with Gasteiger partial charge in [-0.25, -0.2) is 0 Å². The zero-order valence-electron chi connectivity index (χ0n) is 12.8. The van der Waals surface area contributed by atoms with Crippen LogP contribution in [-0.2, 0) is 5.75 Å². The number of thioether (sulfide) groups is 1. The molecule has 23 heavy (non-hydrogen) atoms. The minimum atomic E-state index is -0.0665. The molecule has 0 spiro atoms. The first-order valence-corrected chi connectivity index (χ1v) is 9.21. The van der Waals surface area contributed by atoms with E-state index in [0.29, 0.717) is 0 Å². The van der Waals surface area contributed by atoms with Gasteiger partial charge in [-0.05, 0) is 42.6 Å². The monoisotopic (exact) mass is 339 g/mol. The summed E-state index contributed by atoms with van der Waals surface area (Å²) in [4.78, 5) is 14.9. The normalized spacial score (nSPS) is 10.5. The Morgan fingerprint density at radius 3 is 2.57 bits per heavy atom. The van der Waals surface area contributed by atoms with E-state index in [9.17, 15) is 4.79 Å².